The largest absolute Gasteiger partial charge is 0.381 e. The second kappa shape index (κ2) is 6.49. The Morgan fingerprint density at radius 3 is 3.00 bits per heavy atom. The van der Waals surface area contributed by atoms with Crippen molar-refractivity contribution < 1.29 is 9.53 Å². The van der Waals surface area contributed by atoms with E-state index in [1.54, 1.807) is 0 Å². The van der Waals surface area contributed by atoms with E-state index in [0.29, 0.717) is 11.8 Å². The Bertz CT molecular complexity index is 392. The third-order valence-electron chi connectivity index (χ3n) is 5.54. The van der Waals surface area contributed by atoms with Crippen LogP contribution in [-0.2, 0) is 9.53 Å². The monoisotopic (exact) mass is 292 g/mol. The summed E-state index contributed by atoms with van der Waals surface area (Å²) in [5.74, 6) is 1.04. The lowest BCUT2D eigenvalue weighted by Gasteiger charge is -2.37. The van der Waals surface area contributed by atoms with Gasteiger partial charge in [0.25, 0.3) is 0 Å². The van der Waals surface area contributed by atoms with Crippen molar-refractivity contribution in [3.63, 3.8) is 0 Å². The Kier molecular flexibility index (Phi) is 4.65. The first-order valence-corrected chi connectivity index (χ1v) is 8.45. The molecule has 0 radical (unpaired) electrons. The second-order valence-electron chi connectivity index (χ2n) is 6.90. The van der Waals surface area contributed by atoms with Gasteiger partial charge in [-0.05, 0) is 44.6 Å². The molecule has 1 spiro atoms. The Labute approximate surface area is 128 Å². The molecule has 118 valence electrons. The average Bonchev–Trinajstić information content (AvgIpc) is 3.02. The van der Waals surface area contributed by atoms with E-state index in [9.17, 15) is 4.79 Å². The number of hydrogen-bond acceptors (Lipinski definition) is 3. The molecule has 21 heavy (non-hydrogen) atoms. The lowest BCUT2D eigenvalue weighted by atomic mass is 9.87. The van der Waals surface area contributed by atoms with Gasteiger partial charge in [0.2, 0.25) is 5.91 Å². The Morgan fingerprint density at radius 2 is 2.24 bits per heavy atom. The summed E-state index contributed by atoms with van der Waals surface area (Å²) in [5, 5.41) is 0. The SMILES string of the molecule is C=CCN1C(=O)CC[C@]12CCCN(C[C@H]1CCOC1)CC2. The number of likely N-dealkylation sites (tertiary alicyclic amines) is 2. The molecule has 0 aromatic heterocycles. The van der Waals surface area contributed by atoms with Crippen LogP contribution in [0.5, 0.6) is 0 Å². The zero-order chi connectivity index (χ0) is 14.7. The van der Waals surface area contributed by atoms with Crippen molar-refractivity contribution in [1.82, 2.24) is 9.80 Å². The first kappa shape index (κ1) is 15.0. The average molecular weight is 292 g/mol. The molecule has 0 unspecified atom stereocenters. The summed E-state index contributed by atoms with van der Waals surface area (Å²) in [6, 6.07) is 0. The van der Waals surface area contributed by atoms with E-state index < -0.39 is 0 Å². The second-order valence-corrected chi connectivity index (χ2v) is 6.90. The molecule has 3 heterocycles. The van der Waals surface area contributed by atoms with E-state index in [0.717, 1.165) is 52.0 Å². The molecule has 3 rings (SSSR count). The lowest BCUT2D eigenvalue weighted by molar-refractivity contribution is -0.130. The smallest absolute Gasteiger partial charge is 0.223 e. The first-order chi connectivity index (χ1) is 10.2. The number of amides is 1. The molecule has 1 amide bonds. The first-order valence-electron chi connectivity index (χ1n) is 8.45. The summed E-state index contributed by atoms with van der Waals surface area (Å²) < 4.78 is 5.50. The zero-order valence-corrected chi connectivity index (χ0v) is 13.1. The van der Waals surface area contributed by atoms with E-state index in [1.165, 1.54) is 25.9 Å². The highest BCUT2D eigenvalue weighted by molar-refractivity contribution is 5.79. The van der Waals surface area contributed by atoms with Crippen molar-refractivity contribution in [2.45, 2.75) is 44.1 Å². The van der Waals surface area contributed by atoms with Crippen LogP contribution in [0, 0.1) is 5.92 Å². The number of hydrogen-bond donors (Lipinski definition) is 0. The van der Waals surface area contributed by atoms with Crippen molar-refractivity contribution in [3.8, 4) is 0 Å². The van der Waals surface area contributed by atoms with Crippen LogP contribution in [0.3, 0.4) is 0 Å². The van der Waals surface area contributed by atoms with Crippen LogP contribution in [0.15, 0.2) is 12.7 Å². The fourth-order valence-corrected chi connectivity index (χ4v) is 4.33. The van der Waals surface area contributed by atoms with Gasteiger partial charge >= 0.3 is 0 Å². The van der Waals surface area contributed by atoms with Gasteiger partial charge in [0.15, 0.2) is 0 Å². The maximum atomic E-state index is 12.2. The number of nitrogens with zero attached hydrogens (tertiary/aromatic N) is 2. The van der Waals surface area contributed by atoms with Gasteiger partial charge in [-0.1, -0.05) is 6.08 Å². The van der Waals surface area contributed by atoms with Gasteiger partial charge in [0, 0.05) is 38.2 Å². The van der Waals surface area contributed by atoms with Crippen molar-refractivity contribution in [1.29, 1.82) is 0 Å². The third kappa shape index (κ3) is 3.16. The topological polar surface area (TPSA) is 32.8 Å². The standard InChI is InChI=1S/C17H28N2O2/c1-2-9-19-16(20)4-7-17(19)6-3-10-18(11-8-17)13-15-5-12-21-14-15/h2,15H,1,3-14H2/t15-,17+/m1/s1. The van der Waals surface area contributed by atoms with Gasteiger partial charge in [-0.25, -0.2) is 0 Å². The summed E-state index contributed by atoms with van der Waals surface area (Å²) in [4.78, 5) is 16.9. The third-order valence-corrected chi connectivity index (χ3v) is 5.54. The molecule has 0 aliphatic carbocycles. The summed E-state index contributed by atoms with van der Waals surface area (Å²) in [7, 11) is 0. The Balaban J connectivity index is 1.61. The van der Waals surface area contributed by atoms with Crippen molar-refractivity contribution >= 4 is 5.91 Å². The molecule has 0 aromatic rings. The molecule has 0 saturated carbocycles. The number of carbonyl (C=O) groups excluding carboxylic acids is 1. The fourth-order valence-electron chi connectivity index (χ4n) is 4.33. The lowest BCUT2D eigenvalue weighted by Crippen LogP contribution is -2.46. The molecule has 0 N–H and O–H groups in total. The number of carbonyl (C=O) groups is 1. The predicted molar refractivity (Wildman–Crippen MR) is 83.1 cm³/mol. The minimum Gasteiger partial charge on any atom is -0.381 e. The van der Waals surface area contributed by atoms with Crippen LogP contribution < -0.4 is 0 Å². The molecule has 4 heteroatoms. The van der Waals surface area contributed by atoms with Gasteiger partial charge in [0.1, 0.15) is 0 Å². The zero-order valence-electron chi connectivity index (χ0n) is 13.1. The molecule has 2 atom stereocenters. The quantitative estimate of drug-likeness (QED) is 0.744. The normalized spacial score (nSPS) is 34.6. The van der Waals surface area contributed by atoms with Gasteiger partial charge in [-0.15, -0.1) is 6.58 Å². The maximum absolute atomic E-state index is 12.2. The van der Waals surface area contributed by atoms with Crippen LogP contribution in [0.4, 0.5) is 0 Å². The predicted octanol–water partition coefficient (Wildman–Crippen LogP) is 2.06. The summed E-state index contributed by atoms with van der Waals surface area (Å²) >= 11 is 0. The van der Waals surface area contributed by atoms with Crippen molar-refractivity contribution in [2.24, 2.45) is 5.92 Å². The van der Waals surface area contributed by atoms with Crippen LogP contribution in [-0.4, -0.2) is 60.6 Å². The van der Waals surface area contributed by atoms with Crippen LogP contribution in [0.1, 0.15) is 38.5 Å². The summed E-state index contributed by atoms with van der Waals surface area (Å²) in [6.45, 7) is 9.88. The molecule has 4 nitrogen and oxygen atoms in total. The van der Waals surface area contributed by atoms with E-state index in [2.05, 4.69) is 16.4 Å². The number of rotatable bonds is 4. The molecule has 3 fully saturated rings. The molecular formula is C17H28N2O2. The minimum absolute atomic E-state index is 0.117. The van der Waals surface area contributed by atoms with Crippen LogP contribution in [0.25, 0.3) is 0 Å². The van der Waals surface area contributed by atoms with E-state index >= 15 is 0 Å². The Morgan fingerprint density at radius 1 is 1.33 bits per heavy atom. The van der Waals surface area contributed by atoms with Crippen LogP contribution in [0.2, 0.25) is 0 Å². The molecule has 3 saturated heterocycles. The molecule has 0 bridgehead atoms. The minimum atomic E-state index is 0.117. The molecule has 3 aliphatic heterocycles. The highest BCUT2D eigenvalue weighted by atomic mass is 16.5. The summed E-state index contributed by atoms with van der Waals surface area (Å²) in [5.41, 5.74) is 0.117. The van der Waals surface area contributed by atoms with Crippen molar-refractivity contribution in [2.75, 3.05) is 39.4 Å². The van der Waals surface area contributed by atoms with Gasteiger partial charge in [-0.3, -0.25) is 4.79 Å². The number of ether oxygens (including phenoxy) is 1. The van der Waals surface area contributed by atoms with Gasteiger partial charge in [-0.2, -0.15) is 0 Å². The van der Waals surface area contributed by atoms with Crippen LogP contribution >= 0.6 is 0 Å². The fraction of sp³-hybridized carbons (Fsp3) is 0.824. The van der Waals surface area contributed by atoms with E-state index in [-0.39, 0.29) is 5.54 Å². The van der Waals surface area contributed by atoms with E-state index in [1.807, 2.05) is 6.08 Å². The summed E-state index contributed by atoms with van der Waals surface area (Å²) in [6.07, 6.45) is 8.34. The van der Waals surface area contributed by atoms with Gasteiger partial charge < -0.3 is 14.5 Å². The highest BCUT2D eigenvalue weighted by Gasteiger charge is 2.45. The molecule has 0 aromatic carbocycles. The van der Waals surface area contributed by atoms with E-state index in [4.69, 9.17) is 4.74 Å². The molecule has 3 aliphatic rings. The molecular weight excluding hydrogens is 264 g/mol. The maximum Gasteiger partial charge on any atom is 0.223 e. The Hall–Kier alpha value is -0.870. The van der Waals surface area contributed by atoms with Gasteiger partial charge in [0.05, 0.1) is 6.61 Å². The van der Waals surface area contributed by atoms with Crippen molar-refractivity contribution in [3.05, 3.63) is 12.7 Å². The highest BCUT2D eigenvalue weighted by Crippen LogP contribution is 2.39.